The molecule has 0 radical (unpaired) electrons. The van der Waals surface area contributed by atoms with Gasteiger partial charge in [0.25, 0.3) is 5.91 Å². The minimum absolute atomic E-state index is 0.0386. The van der Waals surface area contributed by atoms with Crippen molar-refractivity contribution in [2.75, 3.05) is 33.4 Å². The minimum atomic E-state index is 0.0386. The third-order valence-corrected chi connectivity index (χ3v) is 6.55. The summed E-state index contributed by atoms with van der Waals surface area (Å²) >= 11 is 1.55. The Morgan fingerprint density at radius 3 is 2.62 bits per heavy atom. The number of hydrogen-bond acceptors (Lipinski definition) is 7. The molecule has 1 aliphatic rings. The van der Waals surface area contributed by atoms with Crippen LogP contribution in [0.1, 0.15) is 15.9 Å². The van der Waals surface area contributed by atoms with Gasteiger partial charge in [0.05, 0.1) is 32.3 Å². The highest BCUT2D eigenvalue weighted by Crippen LogP contribution is 2.31. The van der Waals surface area contributed by atoms with E-state index in [0.717, 1.165) is 22.2 Å². The van der Waals surface area contributed by atoms with E-state index in [1.54, 1.807) is 25.1 Å². The van der Waals surface area contributed by atoms with Crippen molar-refractivity contribution in [2.45, 2.75) is 10.9 Å². The summed E-state index contributed by atoms with van der Waals surface area (Å²) in [4.78, 5) is 14.7. The predicted octanol–water partition coefficient (Wildman–Crippen LogP) is 4.30. The van der Waals surface area contributed by atoms with Crippen molar-refractivity contribution in [3.05, 3.63) is 78.1 Å². The van der Waals surface area contributed by atoms with Crippen molar-refractivity contribution in [3.63, 3.8) is 0 Å². The van der Waals surface area contributed by atoms with Crippen molar-refractivity contribution >= 4 is 17.7 Å². The van der Waals surface area contributed by atoms with Crippen LogP contribution in [0, 0.1) is 0 Å². The zero-order valence-electron chi connectivity index (χ0n) is 18.7. The average molecular weight is 477 g/mol. The molecule has 3 heterocycles. The van der Waals surface area contributed by atoms with E-state index in [2.05, 4.69) is 10.2 Å². The van der Waals surface area contributed by atoms with Crippen LogP contribution in [0.3, 0.4) is 0 Å². The van der Waals surface area contributed by atoms with Crippen LogP contribution in [-0.2, 0) is 10.5 Å². The maximum Gasteiger partial charge on any atom is 0.254 e. The summed E-state index contributed by atoms with van der Waals surface area (Å²) in [5.74, 6) is 2.70. The number of rotatable bonds is 7. The molecule has 34 heavy (non-hydrogen) atoms. The first-order chi connectivity index (χ1) is 16.7. The second-order valence-electron chi connectivity index (χ2n) is 7.71. The molecule has 174 valence electrons. The molecule has 0 saturated carbocycles. The van der Waals surface area contributed by atoms with Gasteiger partial charge in [0.15, 0.2) is 10.9 Å². The number of carbonyl (C=O) groups is 1. The maximum absolute atomic E-state index is 12.9. The number of hydrogen-bond donors (Lipinski definition) is 0. The van der Waals surface area contributed by atoms with Gasteiger partial charge in [-0.25, -0.2) is 0 Å². The number of methoxy groups -OCH3 is 1. The third kappa shape index (κ3) is 4.71. The van der Waals surface area contributed by atoms with Crippen molar-refractivity contribution in [3.8, 4) is 23.0 Å². The summed E-state index contributed by atoms with van der Waals surface area (Å²) in [6.45, 7) is 2.41. The third-order valence-electron chi connectivity index (χ3n) is 5.55. The van der Waals surface area contributed by atoms with E-state index in [0.29, 0.717) is 49.2 Å². The molecule has 4 aromatic rings. The molecule has 9 heteroatoms. The predicted molar refractivity (Wildman–Crippen MR) is 128 cm³/mol. The molecule has 0 bridgehead atoms. The van der Waals surface area contributed by atoms with Gasteiger partial charge in [-0.2, -0.15) is 0 Å². The Morgan fingerprint density at radius 2 is 1.88 bits per heavy atom. The number of thioether (sulfide) groups is 1. The number of morpholine rings is 1. The van der Waals surface area contributed by atoms with Gasteiger partial charge < -0.3 is 18.8 Å². The number of ether oxygens (including phenoxy) is 2. The van der Waals surface area contributed by atoms with Crippen LogP contribution in [0.4, 0.5) is 0 Å². The van der Waals surface area contributed by atoms with Gasteiger partial charge in [0, 0.05) is 24.4 Å². The average Bonchev–Trinajstić information content (AvgIpc) is 3.58. The van der Waals surface area contributed by atoms with Crippen molar-refractivity contribution in [1.29, 1.82) is 0 Å². The van der Waals surface area contributed by atoms with E-state index in [1.165, 1.54) is 0 Å². The molecule has 8 nitrogen and oxygen atoms in total. The topological polar surface area (TPSA) is 82.6 Å². The Kier molecular flexibility index (Phi) is 6.64. The summed E-state index contributed by atoms with van der Waals surface area (Å²) in [5, 5.41) is 9.55. The molecule has 0 unspecified atom stereocenters. The lowest BCUT2D eigenvalue weighted by molar-refractivity contribution is 0.0303. The first-order valence-corrected chi connectivity index (χ1v) is 11.9. The lowest BCUT2D eigenvalue weighted by Gasteiger charge is -2.27. The summed E-state index contributed by atoms with van der Waals surface area (Å²) in [6, 6.07) is 19.2. The molecular weight excluding hydrogens is 452 g/mol. The fourth-order valence-corrected chi connectivity index (χ4v) is 4.68. The molecule has 2 aromatic heterocycles. The Hall–Kier alpha value is -3.56. The largest absolute Gasteiger partial charge is 0.497 e. The van der Waals surface area contributed by atoms with E-state index >= 15 is 0 Å². The monoisotopic (exact) mass is 476 g/mol. The second-order valence-corrected chi connectivity index (χ2v) is 8.65. The van der Waals surface area contributed by atoms with Crippen LogP contribution < -0.4 is 4.74 Å². The normalized spacial score (nSPS) is 13.7. The van der Waals surface area contributed by atoms with Gasteiger partial charge in [-0.05, 0) is 54.1 Å². The van der Waals surface area contributed by atoms with Crippen LogP contribution in [0.2, 0.25) is 0 Å². The van der Waals surface area contributed by atoms with Gasteiger partial charge in [0.2, 0.25) is 5.82 Å². The lowest BCUT2D eigenvalue weighted by atomic mass is 10.1. The lowest BCUT2D eigenvalue weighted by Crippen LogP contribution is -2.40. The molecule has 1 aliphatic heterocycles. The molecular formula is C25H24N4O4S. The number of carbonyl (C=O) groups excluding carboxylic acids is 1. The minimum Gasteiger partial charge on any atom is -0.497 e. The Bertz CT molecular complexity index is 1250. The van der Waals surface area contributed by atoms with Gasteiger partial charge in [-0.3, -0.25) is 9.36 Å². The van der Waals surface area contributed by atoms with E-state index in [1.807, 2.05) is 70.1 Å². The number of nitrogens with zero attached hydrogens (tertiary/aromatic N) is 4. The van der Waals surface area contributed by atoms with Crippen LogP contribution >= 0.6 is 11.8 Å². The molecule has 2 aromatic carbocycles. The molecule has 0 N–H and O–H groups in total. The van der Waals surface area contributed by atoms with Crippen molar-refractivity contribution < 1.29 is 18.7 Å². The molecule has 1 amide bonds. The van der Waals surface area contributed by atoms with Gasteiger partial charge in [0.1, 0.15) is 5.75 Å². The first-order valence-electron chi connectivity index (χ1n) is 11.0. The highest BCUT2D eigenvalue weighted by molar-refractivity contribution is 7.98. The molecule has 0 atom stereocenters. The summed E-state index contributed by atoms with van der Waals surface area (Å²) in [5.41, 5.74) is 2.62. The SMILES string of the molecule is COc1ccc(-n2c(SCc3cccc(C(=O)N4CCOCC4)c3)nnc2-c2ccco2)cc1. The van der Waals surface area contributed by atoms with Crippen LogP contribution in [0.15, 0.2) is 76.5 Å². The highest BCUT2D eigenvalue weighted by atomic mass is 32.2. The first kappa shape index (κ1) is 22.2. The van der Waals surface area contributed by atoms with Gasteiger partial charge >= 0.3 is 0 Å². The van der Waals surface area contributed by atoms with Crippen molar-refractivity contribution in [1.82, 2.24) is 19.7 Å². The molecule has 0 spiro atoms. The molecule has 1 fully saturated rings. The Morgan fingerprint density at radius 1 is 1.06 bits per heavy atom. The fourth-order valence-electron chi connectivity index (χ4n) is 3.78. The quantitative estimate of drug-likeness (QED) is 0.368. The van der Waals surface area contributed by atoms with E-state index < -0.39 is 0 Å². The number of aromatic nitrogens is 3. The molecule has 1 saturated heterocycles. The van der Waals surface area contributed by atoms with Crippen molar-refractivity contribution in [2.24, 2.45) is 0 Å². The van der Waals surface area contributed by atoms with Gasteiger partial charge in [-0.1, -0.05) is 23.9 Å². The van der Waals surface area contributed by atoms with Crippen LogP contribution in [0.5, 0.6) is 5.75 Å². The fraction of sp³-hybridized carbons (Fsp3) is 0.240. The zero-order valence-corrected chi connectivity index (χ0v) is 19.5. The summed E-state index contributed by atoms with van der Waals surface area (Å²) in [6.07, 6.45) is 1.62. The standard InChI is InChI=1S/C25H24N4O4S/c1-31-21-9-7-20(8-10-21)29-23(22-6-3-13-33-22)26-27-25(29)34-17-18-4-2-5-19(16-18)24(30)28-11-14-32-15-12-28/h2-10,13,16H,11-12,14-15,17H2,1H3. The zero-order chi connectivity index (χ0) is 23.3. The Labute approximate surface area is 201 Å². The van der Waals surface area contributed by atoms with Crippen LogP contribution in [0.25, 0.3) is 17.3 Å². The smallest absolute Gasteiger partial charge is 0.254 e. The molecule has 0 aliphatic carbocycles. The maximum atomic E-state index is 12.9. The summed E-state index contributed by atoms with van der Waals surface area (Å²) in [7, 11) is 1.64. The number of amides is 1. The van der Waals surface area contributed by atoms with E-state index in [9.17, 15) is 4.79 Å². The summed E-state index contributed by atoms with van der Waals surface area (Å²) < 4.78 is 18.2. The van der Waals surface area contributed by atoms with E-state index in [-0.39, 0.29) is 5.91 Å². The molecule has 5 rings (SSSR count). The Balaban J connectivity index is 1.39. The number of furan rings is 1. The second kappa shape index (κ2) is 10.1. The van der Waals surface area contributed by atoms with Gasteiger partial charge in [-0.15, -0.1) is 10.2 Å². The van der Waals surface area contributed by atoms with E-state index in [4.69, 9.17) is 13.9 Å². The number of benzene rings is 2. The van der Waals surface area contributed by atoms with Crippen LogP contribution in [-0.4, -0.2) is 59.0 Å². The highest BCUT2D eigenvalue weighted by Gasteiger charge is 2.20.